The second-order valence-corrected chi connectivity index (χ2v) is 22.7. The van der Waals surface area contributed by atoms with Crippen molar-refractivity contribution in [3.63, 3.8) is 0 Å². The first-order valence-electron chi connectivity index (χ1n) is 31.8. The monoisotopic (exact) mass is 1120 g/mol. The summed E-state index contributed by atoms with van der Waals surface area (Å²) in [4.78, 5) is 48.7. The molecule has 0 amide bonds. The van der Waals surface area contributed by atoms with E-state index in [2.05, 4.69) is 81.5 Å². The molecule has 0 spiro atoms. The average Bonchev–Trinajstić information content (AvgIpc) is 3.43. The van der Waals surface area contributed by atoms with Gasteiger partial charge in [-0.15, -0.1) is 0 Å². The lowest BCUT2D eigenvalue weighted by Crippen LogP contribution is -2.30. The van der Waals surface area contributed by atoms with E-state index in [4.69, 9.17) is 23.3 Å². The summed E-state index contributed by atoms with van der Waals surface area (Å²) >= 11 is 0. The highest BCUT2D eigenvalue weighted by atomic mass is 31.2. The van der Waals surface area contributed by atoms with Crippen LogP contribution in [0.3, 0.4) is 0 Å². The van der Waals surface area contributed by atoms with E-state index in [1.165, 1.54) is 154 Å². The molecule has 0 fully saturated rings. The van der Waals surface area contributed by atoms with E-state index in [0.717, 1.165) is 77.0 Å². The van der Waals surface area contributed by atoms with E-state index in [-0.39, 0.29) is 25.9 Å². The number of carbonyl (C=O) groups excluding carboxylic acids is 3. The van der Waals surface area contributed by atoms with E-state index in [1.54, 1.807) is 0 Å². The second-order valence-electron chi connectivity index (χ2n) is 21.2. The van der Waals surface area contributed by atoms with Crippen LogP contribution in [0.15, 0.2) is 72.9 Å². The summed E-state index contributed by atoms with van der Waals surface area (Å²) in [7, 11) is -4.77. The molecule has 0 aromatic heterocycles. The molecule has 0 aromatic carbocycles. The molecule has 2 N–H and O–H groups in total. The van der Waals surface area contributed by atoms with Gasteiger partial charge in [0.1, 0.15) is 12.7 Å². The highest BCUT2D eigenvalue weighted by Gasteiger charge is 2.28. The predicted molar refractivity (Wildman–Crippen MR) is 325 cm³/mol. The molecule has 0 aliphatic carbocycles. The topological polar surface area (TPSA) is 155 Å². The smallest absolute Gasteiger partial charge is 0.462 e. The molecule has 0 aliphatic rings. The fourth-order valence-corrected chi connectivity index (χ4v) is 9.64. The number of aliphatic hydroxyl groups is 1. The maximum atomic E-state index is 12.9. The van der Waals surface area contributed by atoms with E-state index in [9.17, 15) is 28.9 Å². The number of phosphoric acid groups is 1. The lowest BCUT2D eigenvalue weighted by Gasteiger charge is -2.21. The minimum atomic E-state index is -4.77. The Kier molecular flexibility index (Phi) is 57.7. The second kappa shape index (κ2) is 60.0. The summed E-state index contributed by atoms with van der Waals surface area (Å²) in [5.41, 5.74) is 0. The Morgan fingerprint density at radius 1 is 0.372 bits per heavy atom. The Bertz CT molecular complexity index is 1590. The number of rotatable bonds is 59. The average molecular weight is 1120 g/mol. The Morgan fingerprint density at radius 2 is 0.667 bits per heavy atom. The number of hydrogen-bond acceptors (Lipinski definition) is 10. The van der Waals surface area contributed by atoms with Crippen molar-refractivity contribution in [2.45, 2.75) is 303 Å². The quantitative estimate of drug-likeness (QED) is 0.0197. The maximum Gasteiger partial charge on any atom is 0.472 e. The Labute approximate surface area is 478 Å². The third-order valence-corrected chi connectivity index (χ3v) is 14.6. The number of carbonyl (C=O) groups is 3. The Morgan fingerprint density at radius 3 is 1.03 bits per heavy atom. The van der Waals surface area contributed by atoms with Crippen molar-refractivity contribution in [2.75, 3.05) is 26.4 Å². The molecule has 3 unspecified atom stereocenters. The zero-order valence-electron chi connectivity index (χ0n) is 50.1. The number of phosphoric ester groups is 1. The van der Waals surface area contributed by atoms with Crippen LogP contribution in [0.2, 0.25) is 0 Å². The van der Waals surface area contributed by atoms with Crippen molar-refractivity contribution in [2.24, 2.45) is 0 Å². The molecule has 0 aliphatic heterocycles. The SMILES string of the molecule is CC/C=C\C/C=C\C/C=C\C/C=C\C/C=C\C/C=C\CCC(=O)OC(COC(=O)CCCCCCCCCCCCCCCCCCCCC)COP(=O)(O)OCC(CO)OC(=O)CCCCCCCCCCCCCCC. The van der Waals surface area contributed by atoms with E-state index in [1.807, 2.05) is 12.2 Å². The van der Waals surface area contributed by atoms with Crippen LogP contribution in [0.5, 0.6) is 0 Å². The zero-order valence-corrected chi connectivity index (χ0v) is 51.0. The molecule has 0 aromatic rings. The molecule has 0 saturated heterocycles. The third kappa shape index (κ3) is 57.6. The van der Waals surface area contributed by atoms with Gasteiger partial charge in [0.2, 0.25) is 0 Å². The van der Waals surface area contributed by atoms with Crippen LogP contribution in [0, 0.1) is 0 Å². The molecule has 0 radical (unpaired) electrons. The van der Waals surface area contributed by atoms with Crippen LogP contribution in [-0.2, 0) is 42.2 Å². The Balaban J connectivity index is 4.78. The third-order valence-electron chi connectivity index (χ3n) is 13.7. The standard InChI is InChI=1S/C66H117O11P/c1-4-7-10-13-16-19-22-25-27-29-31-33-35-38-40-43-46-49-52-55-64(68)73-59-63(77-66(70)57-54-51-48-45-42-39-36-34-32-30-28-26-23-20-17-14-11-8-5-2)61-75-78(71,72)74-60-62(58-67)76-65(69)56-53-50-47-44-41-37-24-21-18-15-12-9-6-3/h8,11,17,20,26,28,32,34,39,42,48,51,62-63,67H,4-7,9-10,12-16,18-19,21-25,27,29-31,33,35-38,40-41,43-47,49-50,52-61H2,1-3H3,(H,71,72)/b11-8-,20-17-,28-26-,34-32-,42-39-,51-48-. The first kappa shape index (κ1) is 74.9. The minimum absolute atomic E-state index is 0.0438. The van der Waals surface area contributed by atoms with Crippen molar-refractivity contribution in [3.8, 4) is 0 Å². The maximum absolute atomic E-state index is 12.9. The van der Waals surface area contributed by atoms with Gasteiger partial charge in [0.15, 0.2) is 6.10 Å². The number of aliphatic hydroxyl groups excluding tert-OH is 1. The number of esters is 3. The van der Waals surface area contributed by atoms with Crippen LogP contribution >= 0.6 is 7.82 Å². The van der Waals surface area contributed by atoms with Crippen LogP contribution in [0.4, 0.5) is 0 Å². The van der Waals surface area contributed by atoms with Gasteiger partial charge in [-0.3, -0.25) is 23.4 Å². The van der Waals surface area contributed by atoms with Gasteiger partial charge in [-0.2, -0.15) is 0 Å². The molecule has 0 rings (SSSR count). The summed E-state index contributed by atoms with van der Waals surface area (Å²) in [6.45, 7) is 4.50. The molecular weight excluding hydrogens is 1000 g/mol. The van der Waals surface area contributed by atoms with Gasteiger partial charge in [-0.05, 0) is 57.8 Å². The molecule has 3 atom stereocenters. The van der Waals surface area contributed by atoms with Gasteiger partial charge in [0, 0.05) is 19.3 Å². The van der Waals surface area contributed by atoms with Crippen molar-refractivity contribution >= 4 is 25.7 Å². The molecule has 12 heteroatoms. The summed E-state index contributed by atoms with van der Waals surface area (Å²) in [5.74, 6) is -1.55. The molecule has 0 heterocycles. The molecule has 11 nitrogen and oxygen atoms in total. The van der Waals surface area contributed by atoms with Crippen molar-refractivity contribution in [3.05, 3.63) is 72.9 Å². The van der Waals surface area contributed by atoms with Crippen LogP contribution in [0.25, 0.3) is 0 Å². The van der Waals surface area contributed by atoms with Crippen molar-refractivity contribution in [1.82, 2.24) is 0 Å². The molecule has 452 valence electrons. The summed E-state index contributed by atoms with van der Waals surface area (Å²) in [6, 6.07) is 0. The van der Waals surface area contributed by atoms with Crippen LogP contribution < -0.4 is 0 Å². The normalized spacial score (nSPS) is 13.8. The highest BCUT2D eigenvalue weighted by Crippen LogP contribution is 2.43. The predicted octanol–water partition coefficient (Wildman–Crippen LogP) is 19.3. The summed E-state index contributed by atoms with van der Waals surface area (Å²) in [6.07, 6.45) is 68.7. The van der Waals surface area contributed by atoms with E-state index in [0.29, 0.717) is 19.3 Å². The van der Waals surface area contributed by atoms with Crippen molar-refractivity contribution < 1.29 is 52.2 Å². The lowest BCUT2D eigenvalue weighted by molar-refractivity contribution is -0.161. The van der Waals surface area contributed by atoms with Gasteiger partial charge >= 0.3 is 25.7 Å². The molecule has 0 bridgehead atoms. The summed E-state index contributed by atoms with van der Waals surface area (Å²) < 4.78 is 39.6. The Hall–Kier alpha value is -3.08. The first-order chi connectivity index (χ1) is 38.2. The number of hydrogen-bond donors (Lipinski definition) is 2. The molecular formula is C66H117O11P. The van der Waals surface area contributed by atoms with Crippen molar-refractivity contribution in [1.29, 1.82) is 0 Å². The lowest BCUT2D eigenvalue weighted by atomic mass is 10.0. The minimum Gasteiger partial charge on any atom is -0.462 e. The number of unbranched alkanes of at least 4 members (excludes halogenated alkanes) is 30. The van der Waals surface area contributed by atoms with E-state index >= 15 is 0 Å². The van der Waals surface area contributed by atoms with Gasteiger partial charge in [-0.25, -0.2) is 4.57 Å². The molecule has 78 heavy (non-hydrogen) atoms. The van der Waals surface area contributed by atoms with Crippen LogP contribution in [0.1, 0.15) is 290 Å². The van der Waals surface area contributed by atoms with Gasteiger partial charge in [-0.1, -0.05) is 286 Å². The van der Waals surface area contributed by atoms with Crippen LogP contribution in [-0.4, -0.2) is 66.5 Å². The van der Waals surface area contributed by atoms with E-state index < -0.39 is 57.8 Å². The van der Waals surface area contributed by atoms with Gasteiger partial charge in [0.05, 0.1) is 19.8 Å². The fourth-order valence-electron chi connectivity index (χ4n) is 8.86. The molecule has 0 saturated carbocycles. The van der Waals surface area contributed by atoms with Gasteiger partial charge < -0.3 is 24.2 Å². The largest absolute Gasteiger partial charge is 0.472 e. The summed E-state index contributed by atoms with van der Waals surface area (Å²) in [5, 5.41) is 9.83. The zero-order chi connectivity index (χ0) is 56.9. The number of allylic oxidation sites excluding steroid dienone is 12. The number of ether oxygens (including phenoxy) is 3. The first-order valence-corrected chi connectivity index (χ1v) is 33.3. The fraction of sp³-hybridized carbons (Fsp3) is 0.773. The highest BCUT2D eigenvalue weighted by molar-refractivity contribution is 7.47. The van der Waals surface area contributed by atoms with Gasteiger partial charge in [0.25, 0.3) is 0 Å².